The third-order valence-electron chi connectivity index (χ3n) is 10.4. The highest BCUT2D eigenvalue weighted by Crippen LogP contribution is 2.61. The molecule has 0 radical (unpaired) electrons. The van der Waals surface area contributed by atoms with Crippen molar-refractivity contribution in [2.75, 3.05) is 7.11 Å². The average Bonchev–Trinajstić information content (AvgIpc) is 3.50. The summed E-state index contributed by atoms with van der Waals surface area (Å²) >= 11 is 0. The lowest BCUT2D eigenvalue weighted by Gasteiger charge is -2.49. The van der Waals surface area contributed by atoms with Gasteiger partial charge in [0.1, 0.15) is 29.6 Å². The zero-order valence-electron chi connectivity index (χ0n) is 24.1. The second kappa shape index (κ2) is 10.4. The summed E-state index contributed by atoms with van der Waals surface area (Å²) in [6.45, 7) is 8.31. The van der Waals surface area contributed by atoms with Gasteiger partial charge in [-0.2, -0.15) is 0 Å². The summed E-state index contributed by atoms with van der Waals surface area (Å²) in [4.78, 5) is 29.4. The molecule has 2 unspecified atom stereocenters. The minimum absolute atomic E-state index is 0.0483. The van der Waals surface area contributed by atoms with E-state index in [9.17, 15) is 14.7 Å². The smallest absolute Gasteiger partial charge is 0.355 e. The fraction of sp³-hybridized carbons (Fsp3) is 0.688. The van der Waals surface area contributed by atoms with Crippen LogP contribution in [0.1, 0.15) is 63.9 Å². The quantitative estimate of drug-likeness (QED) is 0.396. The maximum absolute atomic E-state index is 13.5. The van der Waals surface area contributed by atoms with E-state index in [-0.39, 0.29) is 47.6 Å². The first kappa shape index (κ1) is 27.7. The number of hydrogen-bond donors (Lipinski definition) is 2. The highest BCUT2D eigenvalue weighted by molar-refractivity contribution is 5.87. The van der Waals surface area contributed by atoms with Crippen molar-refractivity contribution in [1.29, 1.82) is 0 Å². The van der Waals surface area contributed by atoms with Crippen molar-refractivity contribution in [3.05, 3.63) is 47.8 Å². The average molecular weight is 554 g/mol. The van der Waals surface area contributed by atoms with Crippen LogP contribution in [0.3, 0.4) is 0 Å². The molecule has 218 valence electrons. The lowest BCUT2D eigenvalue weighted by atomic mass is 9.57. The van der Waals surface area contributed by atoms with Crippen LogP contribution in [0.15, 0.2) is 42.1 Å². The number of H-pyrrole nitrogens is 1. The van der Waals surface area contributed by atoms with E-state index >= 15 is 0 Å². The first-order chi connectivity index (χ1) is 19.1. The van der Waals surface area contributed by atoms with Gasteiger partial charge in [-0.3, -0.25) is 0 Å². The Morgan fingerprint density at radius 2 is 2.05 bits per heavy atom. The molecule has 1 aromatic heterocycles. The van der Waals surface area contributed by atoms with E-state index in [1.165, 1.54) is 12.8 Å². The molecule has 1 aromatic rings. The highest BCUT2D eigenvalue weighted by atomic mass is 16.6. The molecular weight excluding hydrogens is 510 g/mol. The number of aliphatic hydroxyl groups excluding tert-OH is 1. The normalized spacial score (nSPS) is 44.6. The van der Waals surface area contributed by atoms with Crippen molar-refractivity contribution in [2.45, 2.75) is 89.5 Å². The number of rotatable bonds is 6. The zero-order chi connectivity index (χ0) is 28.3. The fourth-order valence-corrected chi connectivity index (χ4v) is 8.25. The minimum atomic E-state index is -0.849. The molecule has 0 amide bonds. The molecule has 1 saturated heterocycles. The molecule has 6 rings (SSSR count). The summed E-state index contributed by atoms with van der Waals surface area (Å²) in [6.07, 6.45) is 9.17. The molecule has 8 heteroatoms. The lowest BCUT2D eigenvalue weighted by Crippen LogP contribution is -2.57. The van der Waals surface area contributed by atoms with Gasteiger partial charge in [0, 0.05) is 42.9 Å². The van der Waals surface area contributed by atoms with Crippen LogP contribution >= 0.6 is 0 Å². The third-order valence-corrected chi connectivity index (χ3v) is 10.4. The monoisotopic (exact) mass is 553 g/mol. The molecule has 5 aliphatic rings. The number of carbonyl (C=O) groups excluding carboxylic acids is 2. The van der Waals surface area contributed by atoms with Crippen LogP contribution in [0.25, 0.3) is 0 Å². The van der Waals surface area contributed by atoms with Gasteiger partial charge >= 0.3 is 11.9 Å². The first-order valence-electron chi connectivity index (χ1n) is 15.0. The zero-order valence-corrected chi connectivity index (χ0v) is 24.1. The Kier molecular flexibility index (Phi) is 7.24. The number of ether oxygens (including phenoxy) is 4. The molecule has 3 heterocycles. The number of carbonyl (C=O) groups is 2. The van der Waals surface area contributed by atoms with Crippen molar-refractivity contribution in [1.82, 2.24) is 4.98 Å². The van der Waals surface area contributed by atoms with Crippen LogP contribution in [-0.2, 0) is 23.7 Å². The van der Waals surface area contributed by atoms with Crippen molar-refractivity contribution in [3.63, 3.8) is 0 Å². The number of aliphatic hydroxyl groups is 1. The van der Waals surface area contributed by atoms with Crippen molar-refractivity contribution < 1.29 is 33.6 Å². The summed E-state index contributed by atoms with van der Waals surface area (Å²) in [6, 6.07) is 3.43. The van der Waals surface area contributed by atoms with Gasteiger partial charge in [-0.05, 0) is 49.3 Å². The van der Waals surface area contributed by atoms with E-state index < -0.39 is 36.0 Å². The summed E-state index contributed by atoms with van der Waals surface area (Å²) in [5.74, 6) is -0.827. The second-order valence-electron chi connectivity index (χ2n) is 13.0. The Labute approximate surface area is 236 Å². The van der Waals surface area contributed by atoms with Gasteiger partial charge < -0.3 is 29.0 Å². The highest BCUT2D eigenvalue weighted by Gasteiger charge is 2.69. The van der Waals surface area contributed by atoms with Gasteiger partial charge in [-0.1, -0.05) is 51.8 Å². The predicted molar refractivity (Wildman–Crippen MR) is 147 cm³/mol. The van der Waals surface area contributed by atoms with Crippen LogP contribution in [0.2, 0.25) is 0 Å². The van der Waals surface area contributed by atoms with E-state index in [1.807, 2.05) is 6.92 Å². The van der Waals surface area contributed by atoms with Gasteiger partial charge in [-0.25, -0.2) is 9.59 Å². The Bertz CT molecular complexity index is 1170. The van der Waals surface area contributed by atoms with Crippen LogP contribution in [0.5, 0.6) is 0 Å². The molecule has 40 heavy (non-hydrogen) atoms. The van der Waals surface area contributed by atoms with Crippen molar-refractivity contribution >= 4 is 11.9 Å². The maximum atomic E-state index is 13.5. The Morgan fingerprint density at radius 1 is 1.27 bits per heavy atom. The molecule has 2 saturated carbocycles. The molecule has 12 atom stereocenters. The number of nitrogens with one attached hydrogen (secondary N) is 1. The summed E-state index contributed by atoms with van der Waals surface area (Å²) in [5, 5.41) is 11.8. The van der Waals surface area contributed by atoms with Gasteiger partial charge in [0.15, 0.2) is 6.10 Å². The van der Waals surface area contributed by atoms with Gasteiger partial charge in [0.25, 0.3) is 0 Å². The number of aromatic amines is 1. The number of cyclic esters (lactones) is 1. The van der Waals surface area contributed by atoms with Gasteiger partial charge in [0.2, 0.25) is 0 Å². The molecule has 8 nitrogen and oxygen atoms in total. The van der Waals surface area contributed by atoms with Crippen LogP contribution in [0, 0.1) is 41.4 Å². The molecule has 3 fully saturated rings. The molecule has 0 aromatic carbocycles. The number of hydrogen-bond acceptors (Lipinski definition) is 7. The Hall–Kier alpha value is -2.42. The standard InChI is InChI=1S/C32H43NO7/c1-16-13-18(3)32-21(15-24(37-5)31(36)38-27(16)17(2)14-20-8-9-20)10-11-22-25(32)26(34)19(4)28(29(22)40-32)39-30(35)23-7-6-12-33-23/h6-7,10-13,16-17,19-22,24-29,33-34H,8-9,14-15H2,1-5H3/b18-13+/t16-,17?,19-,21?,22-,24+,25+,26-,27+,28-,29-,32+/m1/s1. The molecule has 2 aliphatic heterocycles. The number of esters is 2. The van der Waals surface area contributed by atoms with Crippen LogP contribution < -0.4 is 0 Å². The van der Waals surface area contributed by atoms with E-state index in [2.05, 4.69) is 44.0 Å². The maximum Gasteiger partial charge on any atom is 0.355 e. The van der Waals surface area contributed by atoms with E-state index in [4.69, 9.17) is 18.9 Å². The fourth-order valence-electron chi connectivity index (χ4n) is 8.25. The Balaban J connectivity index is 1.38. The van der Waals surface area contributed by atoms with E-state index in [0.717, 1.165) is 12.0 Å². The molecule has 2 N–H and O–H groups in total. The van der Waals surface area contributed by atoms with E-state index in [1.54, 1.807) is 25.4 Å². The van der Waals surface area contributed by atoms with Crippen LogP contribution in [0.4, 0.5) is 0 Å². The third kappa shape index (κ3) is 4.47. The SMILES string of the molecule is CO[C@H]1CC2C=C[C@H]3[C@H]4O[C@]2(/C(C)=C/[C@@H](C)[C@@H](C(C)CC2CC2)OC1=O)[C@@H]3[C@H](O)[C@@H](C)[C@H]4OC(=O)c1ccc[nH]1. The van der Waals surface area contributed by atoms with Crippen molar-refractivity contribution in [3.8, 4) is 0 Å². The summed E-state index contributed by atoms with van der Waals surface area (Å²) < 4.78 is 25.0. The number of aromatic nitrogens is 1. The van der Waals surface area contributed by atoms with Gasteiger partial charge in [0.05, 0.1) is 6.10 Å². The lowest BCUT2D eigenvalue weighted by molar-refractivity contribution is -0.169. The molecule has 4 bridgehead atoms. The molecule has 1 spiro atoms. The minimum Gasteiger partial charge on any atom is -0.460 e. The first-order valence-corrected chi connectivity index (χ1v) is 15.0. The topological polar surface area (TPSA) is 107 Å². The predicted octanol–water partition coefficient (Wildman–Crippen LogP) is 4.46. The van der Waals surface area contributed by atoms with E-state index in [0.29, 0.717) is 18.0 Å². The van der Waals surface area contributed by atoms with Crippen molar-refractivity contribution in [2.24, 2.45) is 41.4 Å². The molecular formula is C32H43NO7. The van der Waals surface area contributed by atoms with Gasteiger partial charge in [-0.15, -0.1) is 0 Å². The van der Waals surface area contributed by atoms with Crippen LogP contribution in [-0.4, -0.2) is 65.3 Å². The Morgan fingerprint density at radius 3 is 2.73 bits per heavy atom. The number of methoxy groups -OCH3 is 1. The molecule has 3 aliphatic carbocycles. The largest absolute Gasteiger partial charge is 0.460 e. The summed E-state index contributed by atoms with van der Waals surface area (Å²) in [5.41, 5.74) is 0.553. The summed E-state index contributed by atoms with van der Waals surface area (Å²) in [7, 11) is 1.55. The second-order valence-corrected chi connectivity index (χ2v) is 13.0.